The molecule has 0 saturated carbocycles. The molecule has 0 saturated heterocycles. The Morgan fingerprint density at radius 3 is 2.50 bits per heavy atom. The van der Waals surface area contributed by atoms with Gasteiger partial charge in [0.2, 0.25) is 0 Å². The summed E-state index contributed by atoms with van der Waals surface area (Å²) in [5.74, 6) is 0. The van der Waals surface area contributed by atoms with E-state index in [9.17, 15) is 0 Å². The standard InChI is InChI=1S/C11H15N/c1-3-4-9-12-11-7-5-10(2)6-8-11/h5-9H,3-4H2,1-2H3. The molecule has 0 atom stereocenters. The van der Waals surface area contributed by atoms with Crippen LogP contribution in [0.5, 0.6) is 0 Å². The molecule has 0 radical (unpaired) electrons. The van der Waals surface area contributed by atoms with Crippen LogP contribution in [-0.2, 0) is 0 Å². The van der Waals surface area contributed by atoms with Crippen LogP contribution in [0.1, 0.15) is 25.3 Å². The van der Waals surface area contributed by atoms with Crippen molar-refractivity contribution in [1.82, 2.24) is 0 Å². The summed E-state index contributed by atoms with van der Waals surface area (Å²) in [6.07, 6.45) is 4.20. The summed E-state index contributed by atoms with van der Waals surface area (Å²) < 4.78 is 0. The summed E-state index contributed by atoms with van der Waals surface area (Å²) in [4.78, 5) is 4.31. The van der Waals surface area contributed by atoms with E-state index in [1.54, 1.807) is 0 Å². The average Bonchev–Trinajstić information content (AvgIpc) is 2.09. The lowest BCUT2D eigenvalue weighted by Gasteiger charge is -1.93. The monoisotopic (exact) mass is 161 g/mol. The molecule has 0 heterocycles. The fraction of sp³-hybridized carbons (Fsp3) is 0.364. The number of unbranched alkanes of at least 4 members (excludes halogenated alkanes) is 1. The lowest BCUT2D eigenvalue weighted by atomic mass is 10.2. The molecule has 0 aliphatic heterocycles. The molecule has 1 nitrogen and oxygen atoms in total. The van der Waals surface area contributed by atoms with E-state index < -0.39 is 0 Å². The van der Waals surface area contributed by atoms with Gasteiger partial charge in [-0.3, -0.25) is 4.99 Å². The van der Waals surface area contributed by atoms with E-state index in [4.69, 9.17) is 0 Å². The van der Waals surface area contributed by atoms with E-state index in [1.165, 1.54) is 5.56 Å². The van der Waals surface area contributed by atoms with Crippen molar-refractivity contribution in [3.63, 3.8) is 0 Å². The van der Waals surface area contributed by atoms with Gasteiger partial charge in [-0.05, 0) is 25.5 Å². The molecule has 0 aromatic heterocycles. The molecule has 0 aliphatic carbocycles. The van der Waals surface area contributed by atoms with Crippen molar-refractivity contribution >= 4 is 11.9 Å². The first-order chi connectivity index (χ1) is 5.83. The average molecular weight is 161 g/mol. The first-order valence-electron chi connectivity index (χ1n) is 4.42. The van der Waals surface area contributed by atoms with Crippen molar-refractivity contribution in [2.75, 3.05) is 0 Å². The number of aliphatic imine (C=N–C) groups is 1. The molecule has 1 heteroatoms. The molecule has 0 N–H and O–H groups in total. The van der Waals surface area contributed by atoms with Crippen LogP contribution < -0.4 is 0 Å². The maximum Gasteiger partial charge on any atom is 0.0625 e. The van der Waals surface area contributed by atoms with Crippen molar-refractivity contribution in [3.8, 4) is 0 Å². The minimum absolute atomic E-state index is 1.05. The fourth-order valence-electron chi connectivity index (χ4n) is 0.930. The van der Waals surface area contributed by atoms with E-state index in [0.29, 0.717) is 0 Å². The van der Waals surface area contributed by atoms with E-state index in [0.717, 1.165) is 18.5 Å². The summed E-state index contributed by atoms with van der Waals surface area (Å²) in [6.45, 7) is 4.24. The second-order valence-electron chi connectivity index (χ2n) is 2.94. The van der Waals surface area contributed by atoms with Crippen LogP contribution in [0.3, 0.4) is 0 Å². The molecule has 1 rings (SSSR count). The zero-order valence-corrected chi connectivity index (χ0v) is 7.75. The highest BCUT2D eigenvalue weighted by molar-refractivity contribution is 5.62. The highest BCUT2D eigenvalue weighted by Crippen LogP contribution is 2.11. The van der Waals surface area contributed by atoms with Gasteiger partial charge < -0.3 is 0 Å². The van der Waals surface area contributed by atoms with Crippen molar-refractivity contribution in [3.05, 3.63) is 29.8 Å². The number of benzene rings is 1. The van der Waals surface area contributed by atoms with E-state index in [-0.39, 0.29) is 0 Å². The molecule has 64 valence electrons. The number of hydrogen-bond donors (Lipinski definition) is 0. The normalized spacial score (nSPS) is 10.8. The summed E-state index contributed by atoms with van der Waals surface area (Å²) >= 11 is 0. The van der Waals surface area contributed by atoms with E-state index >= 15 is 0 Å². The lowest BCUT2D eigenvalue weighted by Crippen LogP contribution is -1.72. The van der Waals surface area contributed by atoms with Gasteiger partial charge in [0, 0.05) is 6.21 Å². The van der Waals surface area contributed by atoms with Gasteiger partial charge in [-0.25, -0.2) is 0 Å². The highest BCUT2D eigenvalue weighted by atomic mass is 14.7. The van der Waals surface area contributed by atoms with Gasteiger partial charge >= 0.3 is 0 Å². The van der Waals surface area contributed by atoms with Crippen LogP contribution in [0.25, 0.3) is 0 Å². The molecule has 0 fully saturated rings. The third-order valence-electron chi connectivity index (χ3n) is 1.69. The van der Waals surface area contributed by atoms with Crippen molar-refractivity contribution < 1.29 is 0 Å². The summed E-state index contributed by atoms with van der Waals surface area (Å²) in [6, 6.07) is 8.25. The zero-order chi connectivity index (χ0) is 8.81. The van der Waals surface area contributed by atoms with Crippen LogP contribution in [-0.4, -0.2) is 6.21 Å². The number of nitrogens with zero attached hydrogens (tertiary/aromatic N) is 1. The molecular formula is C11H15N. The summed E-state index contributed by atoms with van der Waals surface area (Å²) in [5, 5.41) is 0. The lowest BCUT2D eigenvalue weighted by molar-refractivity contribution is 1.01. The summed E-state index contributed by atoms with van der Waals surface area (Å²) in [5.41, 5.74) is 2.33. The van der Waals surface area contributed by atoms with Crippen molar-refractivity contribution in [2.24, 2.45) is 4.99 Å². The van der Waals surface area contributed by atoms with E-state index in [2.05, 4.69) is 31.0 Å². The Balaban J connectivity index is 2.58. The minimum Gasteiger partial charge on any atom is -0.261 e. The SMILES string of the molecule is CCCC=Nc1ccc(C)cc1. The number of rotatable bonds is 3. The van der Waals surface area contributed by atoms with Gasteiger partial charge in [0.05, 0.1) is 5.69 Å². The van der Waals surface area contributed by atoms with Crippen LogP contribution in [0.15, 0.2) is 29.3 Å². The molecular weight excluding hydrogens is 146 g/mol. The van der Waals surface area contributed by atoms with Gasteiger partial charge in [-0.15, -0.1) is 0 Å². The van der Waals surface area contributed by atoms with Crippen molar-refractivity contribution in [1.29, 1.82) is 0 Å². The predicted octanol–water partition coefficient (Wildman–Crippen LogP) is 3.50. The Labute approximate surface area is 74.2 Å². The van der Waals surface area contributed by atoms with Gasteiger partial charge in [-0.1, -0.05) is 31.0 Å². The Morgan fingerprint density at radius 1 is 1.25 bits per heavy atom. The van der Waals surface area contributed by atoms with Crippen LogP contribution in [0, 0.1) is 6.92 Å². The Morgan fingerprint density at radius 2 is 1.92 bits per heavy atom. The molecule has 0 aliphatic rings. The molecule has 0 spiro atoms. The predicted molar refractivity (Wildman–Crippen MR) is 54.2 cm³/mol. The zero-order valence-electron chi connectivity index (χ0n) is 7.75. The molecule has 12 heavy (non-hydrogen) atoms. The molecule has 1 aromatic carbocycles. The van der Waals surface area contributed by atoms with Gasteiger partial charge in [0.1, 0.15) is 0 Å². The Bertz CT molecular complexity index is 246. The third-order valence-corrected chi connectivity index (χ3v) is 1.69. The van der Waals surface area contributed by atoms with Crippen LogP contribution >= 0.6 is 0 Å². The van der Waals surface area contributed by atoms with Crippen molar-refractivity contribution in [2.45, 2.75) is 26.7 Å². The molecule has 0 unspecified atom stereocenters. The largest absolute Gasteiger partial charge is 0.261 e. The van der Waals surface area contributed by atoms with Crippen LogP contribution in [0.2, 0.25) is 0 Å². The summed E-state index contributed by atoms with van der Waals surface area (Å²) in [7, 11) is 0. The Hall–Kier alpha value is -1.11. The maximum absolute atomic E-state index is 4.31. The topological polar surface area (TPSA) is 12.4 Å². The molecule has 0 amide bonds. The number of aryl methyl sites for hydroxylation is 1. The first kappa shape index (κ1) is 8.98. The minimum atomic E-state index is 1.05. The second-order valence-corrected chi connectivity index (χ2v) is 2.94. The van der Waals surface area contributed by atoms with Crippen LogP contribution in [0.4, 0.5) is 5.69 Å². The maximum atomic E-state index is 4.31. The third kappa shape index (κ3) is 2.87. The second kappa shape index (κ2) is 4.70. The van der Waals surface area contributed by atoms with Gasteiger partial charge in [0.25, 0.3) is 0 Å². The quantitative estimate of drug-likeness (QED) is 0.602. The fourth-order valence-corrected chi connectivity index (χ4v) is 0.930. The highest BCUT2D eigenvalue weighted by Gasteiger charge is 1.85. The molecule has 1 aromatic rings. The first-order valence-corrected chi connectivity index (χ1v) is 4.42. The van der Waals surface area contributed by atoms with Gasteiger partial charge in [0.15, 0.2) is 0 Å². The number of hydrogen-bond acceptors (Lipinski definition) is 1. The Kier molecular flexibility index (Phi) is 3.52. The smallest absolute Gasteiger partial charge is 0.0625 e. The van der Waals surface area contributed by atoms with E-state index in [1.807, 2.05) is 18.3 Å². The molecule has 0 bridgehead atoms. The van der Waals surface area contributed by atoms with Gasteiger partial charge in [-0.2, -0.15) is 0 Å².